The fourth-order valence-electron chi connectivity index (χ4n) is 2.21. The molecule has 0 aliphatic carbocycles. The first-order valence-corrected chi connectivity index (χ1v) is 7.00. The van der Waals surface area contributed by atoms with E-state index in [0.29, 0.717) is 0 Å². The van der Waals surface area contributed by atoms with Crippen LogP contribution in [-0.2, 0) is 0 Å². The Kier molecular flexibility index (Phi) is 4.61. The number of carbonyl (C=O) groups is 1. The number of carbonyl (C=O) groups excluding carboxylic acids is 1. The van der Waals surface area contributed by atoms with Gasteiger partial charge in [-0.3, -0.25) is 4.79 Å². The van der Waals surface area contributed by atoms with E-state index >= 15 is 0 Å². The zero-order chi connectivity index (χ0) is 13.7. The second kappa shape index (κ2) is 6.41. The van der Waals surface area contributed by atoms with Crippen LogP contribution >= 0.6 is 0 Å². The van der Waals surface area contributed by atoms with Gasteiger partial charge in [-0.05, 0) is 31.9 Å². The molecule has 0 bridgehead atoms. The van der Waals surface area contributed by atoms with Crippen molar-refractivity contribution in [3.05, 3.63) is 41.5 Å². The number of hydrogen-bond donors (Lipinski definition) is 1. The summed E-state index contributed by atoms with van der Waals surface area (Å²) in [6.45, 7) is 6.69. The van der Waals surface area contributed by atoms with Crippen LogP contribution < -0.4 is 5.32 Å². The summed E-state index contributed by atoms with van der Waals surface area (Å²) in [5, 5.41) is 3.33. The second-order valence-corrected chi connectivity index (χ2v) is 5.02. The van der Waals surface area contributed by atoms with Gasteiger partial charge >= 0.3 is 0 Å². The lowest BCUT2D eigenvalue weighted by atomic mass is 10.1. The summed E-state index contributed by atoms with van der Waals surface area (Å²) < 4.78 is 0. The highest BCUT2D eigenvalue weighted by molar-refractivity contribution is 5.99. The molecule has 0 saturated heterocycles. The highest BCUT2D eigenvalue weighted by atomic mass is 16.2. The average Bonchev–Trinajstić information content (AvgIpc) is 2.45. The van der Waals surface area contributed by atoms with Gasteiger partial charge in [0.2, 0.25) is 0 Å². The van der Waals surface area contributed by atoms with Crippen LogP contribution in [0.5, 0.6) is 0 Å². The van der Waals surface area contributed by atoms with E-state index in [2.05, 4.69) is 25.2 Å². The lowest BCUT2D eigenvalue weighted by Crippen LogP contribution is -2.35. The molecular formula is C16H22N2O. The van der Waals surface area contributed by atoms with Crippen LogP contribution in [0, 0.1) is 0 Å². The number of benzene rings is 1. The largest absolute Gasteiger partial charge is 0.384 e. The van der Waals surface area contributed by atoms with Crippen molar-refractivity contribution in [2.45, 2.75) is 26.7 Å². The predicted octanol–water partition coefficient (Wildman–Crippen LogP) is 3.30. The Morgan fingerprint density at radius 1 is 1.37 bits per heavy atom. The SMILES string of the molecule is CCCNc1ccccc1C(=O)N1CC=C(C)CC1. The maximum Gasteiger partial charge on any atom is 0.256 e. The Bertz CT molecular complexity index is 479. The Morgan fingerprint density at radius 2 is 2.16 bits per heavy atom. The lowest BCUT2D eigenvalue weighted by molar-refractivity contribution is 0.0770. The van der Waals surface area contributed by atoms with E-state index in [1.54, 1.807) is 0 Å². The van der Waals surface area contributed by atoms with Gasteiger partial charge in [-0.15, -0.1) is 0 Å². The molecule has 0 aromatic heterocycles. The third-order valence-corrected chi connectivity index (χ3v) is 3.45. The number of amides is 1. The van der Waals surface area contributed by atoms with Gasteiger partial charge in [0, 0.05) is 25.3 Å². The van der Waals surface area contributed by atoms with Crippen LogP contribution in [0.25, 0.3) is 0 Å². The zero-order valence-electron chi connectivity index (χ0n) is 11.8. The molecule has 1 aromatic carbocycles. The molecule has 0 fully saturated rings. The fourth-order valence-corrected chi connectivity index (χ4v) is 2.21. The molecule has 2 rings (SSSR count). The third kappa shape index (κ3) is 3.37. The van der Waals surface area contributed by atoms with E-state index in [-0.39, 0.29) is 5.91 Å². The van der Waals surface area contributed by atoms with Crippen LogP contribution in [0.4, 0.5) is 5.69 Å². The van der Waals surface area contributed by atoms with E-state index in [9.17, 15) is 4.79 Å². The third-order valence-electron chi connectivity index (χ3n) is 3.45. The molecular weight excluding hydrogens is 236 g/mol. The Morgan fingerprint density at radius 3 is 2.84 bits per heavy atom. The molecule has 1 heterocycles. The molecule has 0 radical (unpaired) electrons. The maximum absolute atomic E-state index is 12.5. The lowest BCUT2D eigenvalue weighted by Gasteiger charge is -2.26. The predicted molar refractivity (Wildman–Crippen MR) is 79.5 cm³/mol. The molecule has 19 heavy (non-hydrogen) atoms. The second-order valence-electron chi connectivity index (χ2n) is 5.02. The molecule has 3 heteroatoms. The smallest absolute Gasteiger partial charge is 0.256 e. The van der Waals surface area contributed by atoms with E-state index in [1.807, 2.05) is 29.2 Å². The van der Waals surface area contributed by atoms with Crippen LogP contribution in [0.3, 0.4) is 0 Å². The molecule has 0 atom stereocenters. The van der Waals surface area contributed by atoms with Crippen molar-refractivity contribution < 1.29 is 4.79 Å². The van der Waals surface area contributed by atoms with E-state index in [4.69, 9.17) is 0 Å². The molecule has 1 aliphatic rings. The minimum absolute atomic E-state index is 0.128. The van der Waals surface area contributed by atoms with Crippen molar-refractivity contribution in [2.24, 2.45) is 0 Å². The van der Waals surface area contributed by atoms with E-state index in [1.165, 1.54) is 5.57 Å². The molecule has 1 amide bonds. The van der Waals surface area contributed by atoms with Gasteiger partial charge in [-0.1, -0.05) is 30.7 Å². The number of para-hydroxylation sites is 1. The minimum atomic E-state index is 0.128. The molecule has 1 aromatic rings. The summed E-state index contributed by atoms with van der Waals surface area (Å²) in [5.74, 6) is 0.128. The van der Waals surface area contributed by atoms with Gasteiger partial charge in [-0.2, -0.15) is 0 Å². The van der Waals surface area contributed by atoms with Crippen molar-refractivity contribution in [1.82, 2.24) is 4.90 Å². The minimum Gasteiger partial charge on any atom is -0.384 e. The molecule has 1 aliphatic heterocycles. The standard InChI is InChI=1S/C16H22N2O/c1-3-10-17-15-7-5-4-6-14(15)16(19)18-11-8-13(2)9-12-18/h4-8,17H,3,9-12H2,1-2H3. The normalized spacial score (nSPS) is 15.1. The van der Waals surface area contributed by atoms with Gasteiger partial charge < -0.3 is 10.2 Å². The van der Waals surface area contributed by atoms with Crippen molar-refractivity contribution in [3.63, 3.8) is 0 Å². The summed E-state index contributed by atoms with van der Waals surface area (Å²) in [7, 11) is 0. The molecule has 3 nitrogen and oxygen atoms in total. The summed E-state index contributed by atoms with van der Waals surface area (Å²) in [6, 6.07) is 7.78. The Labute approximate surface area is 115 Å². The Hall–Kier alpha value is -1.77. The average molecular weight is 258 g/mol. The van der Waals surface area contributed by atoms with Gasteiger partial charge in [0.1, 0.15) is 0 Å². The van der Waals surface area contributed by atoms with Gasteiger partial charge in [0.15, 0.2) is 0 Å². The molecule has 0 spiro atoms. The summed E-state index contributed by atoms with van der Waals surface area (Å²) in [5.41, 5.74) is 3.10. The van der Waals surface area contributed by atoms with Crippen LogP contribution in [0.1, 0.15) is 37.0 Å². The van der Waals surface area contributed by atoms with Crippen molar-refractivity contribution in [3.8, 4) is 0 Å². The van der Waals surface area contributed by atoms with Crippen molar-refractivity contribution >= 4 is 11.6 Å². The molecule has 102 valence electrons. The molecule has 0 saturated carbocycles. The number of rotatable bonds is 4. The van der Waals surface area contributed by atoms with Crippen molar-refractivity contribution in [2.75, 3.05) is 25.0 Å². The Balaban J connectivity index is 2.14. The summed E-state index contributed by atoms with van der Waals surface area (Å²) in [6.07, 6.45) is 4.17. The first-order valence-electron chi connectivity index (χ1n) is 7.00. The van der Waals surface area contributed by atoms with Gasteiger partial charge in [-0.25, -0.2) is 0 Å². The molecule has 0 unspecified atom stereocenters. The maximum atomic E-state index is 12.5. The summed E-state index contributed by atoms with van der Waals surface area (Å²) >= 11 is 0. The number of hydrogen-bond acceptors (Lipinski definition) is 2. The van der Waals surface area contributed by atoms with E-state index < -0.39 is 0 Å². The highest BCUT2D eigenvalue weighted by Gasteiger charge is 2.19. The summed E-state index contributed by atoms with van der Waals surface area (Å²) in [4.78, 5) is 14.5. The fraction of sp³-hybridized carbons (Fsp3) is 0.438. The first kappa shape index (κ1) is 13.7. The zero-order valence-corrected chi connectivity index (χ0v) is 11.8. The van der Waals surface area contributed by atoms with Gasteiger partial charge in [0.25, 0.3) is 5.91 Å². The van der Waals surface area contributed by atoms with Crippen LogP contribution in [-0.4, -0.2) is 30.4 Å². The number of nitrogens with one attached hydrogen (secondary N) is 1. The highest BCUT2D eigenvalue weighted by Crippen LogP contribution is 2.19. The number of anilines is 1. The monoisotopic (exact) mass is 258 g/mol. The van der Waals surface area contributed by atoms with E-state index in [0.717, 1.165) is 43.7 Å². The topological polar surface area (TPSA) is 32.3 Å². The van der Waals surface area contributed by atoms with Crippen LogP contribution in [0.2, 0.25) is 0 Å². The molecule has 1 N–H and O–H groups in total. The van der Waals surface area contributed by atoms with Crippen LogP contribution in [0.15, 0.2) is 35.9 Å². The number of nitrogens with zero attached hydrogens (tertiary/aromatic N) is 1. The van der Waals surface area contributed by atoms with Crippen molar-refractivity contribution in [1.29, 1.82) is 0 Å². The first-order chi connectivity index (χ1) is 9.22. The quantitative estimate of drug-likeness (QED) is 0.840. The van der Waals surface area contributed by atoms with Gasteiger partial charge in [0.05, 0.1) is 5.56 Å².